The van der Waals surface area contributed by atoms with Crippen molar-refractivity contribution in [1.29, 1.82) is 0 Å². The van der Waals surface area contributed by atoms with Crippen LogP contribution in [0.15, 0.2) is 60.8 Å². The molecule has 0 saturated carbocycles. The molecular weight excluding hydrogens is 419 g/mol. The van der Waals surface area contributed by atoms with Crippen molar-refractivity contribution in [2.24, 2.45) is 0 Å². The van der Waals surface area contributed by atoms with Gasteiger partial charge in [-0.2, -0.15) is 0 Å². The topological polar surface area (TPSA) is 49.0 Å². The summed E-state index contributed by atoms with van der Waals surface area (Å²) in [5.41, 5.74) is 1.95. The van der Waals surface area contributed by atoms with Crippen molar-refractivity contribution in [2.75, 3.05) is 25.1 Å². The molecule has 0 bridgehead atoms. The summed E-state index contributed by atoms with van der Waals surface area (Å²) in [5.74, 6) is 0.758. The number of benzene rings is 1. The van der Waals surface area contributed by atoms with Gasteiger partial charge in [-0.1, -0.05) is 57.5 Å². The molecule has 174 valence electrons. The van der Waals surface area contributed by atoms with Crippen molar-refractivity contribution in [3.63, 3.8) is 0 Å². The maximum Gasteiger partial charge on any atom is 0.130 e. The lowest BCUT2D eigenvalue weighted by atomic mass is 9.96. The maximum absolute atomic E-state index is 12.6. The predicted octanol–water partition coefficient (Wildman–Crippen LogP) is 6.49. The Balaban J connectivity index is 0.00000176. The molecule has 2 atom stereocenters. The van der Waals surface area contributed by atoms with Crippen LogP contribution in [-0.2, 0) is 0 Å². The average molecular weight is 457 g/mol. The zero-order chi connectivity index (χ0) is 23.5. The molecule has 3 N–H and O–H groups in total. The molecular formula is C26H37FN4S. The number of alkyl halides is 1. The highest BCUT2D eigenvalue weighted by atomic mass is 32.2. The predicted molar refractivity (Wildman–Crippen MR) is 141 cm³/mol. The van der Waals surface area contributed by atoms with Crippen molar-refractivity contribution in [1.82, 2.24) is 15.6 Å². The Labute approximate surface area is 196 Å². The van der Waals surface area contributed by atoms with Crippen LogP contribution in [0, 0.1) is 0 Å². The van der Waals surface area contributed by atoms with E-state index in [1.807, 2.05) is 33.0 Å². The van der Waals surface area contributed by atoms with Gasteiger partial charge < -0.3 is 16.0 Å². The van der Waals surface area contributed by atoms with Crippen LogP contribution >= 0.6 is 11.8 Å². The van der Waals surface area contributed by atoms with Gasteiger partial charge >= 0.3 is 0 Å². The van der Waals surface area contributed by atoms with Crippen molar-refractivity contribution < 1.29 is 4.39 Å². The fourth-order valence-corrected chi connectivity index (χ4v) is 4.24. The SMILES string of the molecule is C=C(CC(CC1CCN1)NCCF)Nc1cc2cc(C(=C)SC(=C)C)ccc2cn1.CC. The molecule has 1 aliphatic heterocycles. The number of nitrogens with one attached hydrogen (secondary N) is 3. The number of hydrogen-bond acceptors (Lipinski definition) is 5. The van der Waals surface area contributed by atoms with Crippen LogP contribution in [-0.4, -0.2) is 36.8 Å². The Bertz CT molecular complexity index is 923. The van der Waals surface area contributed by atoms with Gasteiger partial charge in [0.1, 0.15) is 12.5 Å². The zero-order valence-electron chi connectivity index (χ0n) is 19.6. The first-order valence-corrected chi connectivity index (χ1v) is 12.2. The number of thioether (sulfide) groups is 1. The second kappa shape index (κ2) is 13.4. The second-order valence-corrected chi connectivity index (χ2v) is 9.20. The molecule has 2 unspecified atom stereocenters. The molecule has 3 rings (SSSR count). The van der Waals surface area contributed by atoms with Crippen molar-refractivity contribution in [3.8, 4) is 0 Å². The Morgan fingerprint density at radius 2 is 2.00 bits per heavy atom. The quantitative estimate of drug-likeness (QED) is 0.341. The zero-order valence-corrected chi connectivity index (χ0v) is 20.5. The van der Waals surface area contributed by atoms with Gasteiger partial charge in [0, 0.05) is 47.2 Å². The van der Waals surface area contributed by atoms with Crippen molar-refractivity contribution in [2.45, 2.75) is 52.1 Å². The molecule has 1 aromatic carbocycles. The largest absolute Gasteiger partial charge is 0.344 e. The highest BCUT2D eigenvalue weighted by Gasteiger charge is 2.21. The number of halogens is 1. The first-order chi connectivity index (χ1) is 15.4. The number of fused-ring (bicyclic) bond motifs is 1. The summed E-state index contributed by atoms with van der Waals surface area (Å²) >= 11 is 1.58. The highest BCUT2D eigenvalue weighted by Crippen LogP contribution is 2.32. The molecule has 0 aliphatic carbocycles. The van der Waals surface area contributed by atoms with Gasteiger partial charge in [-0.15, -0.1) is 0 Å². The number of aromatic nitrogens is 1. The summed E-state index contributed by atoms with van der Waals surface area (Å²) in [6.45, 7) is 19.3. The Morgan fingerprint density at radius 1 is 1.25 bits per heavy atom. The lowest BCUT2D eigenvalue weighted by Gasteiger charge is -2.32. The van der Waals surface area contributed by atoms with E-state index in [0.29, 0.717) is 12.6 Å². The summed E-state index contributed by atoms with van der Waals surface area (Å²) in [6.07, 6.45) is 4.74. The van der Waals surface area contributed by atoms with E-state index >= 15 is 0 Å². The van der Waals surface area contributed by atoms with E-state index in [2.05, 4.69) is 58.9 Å². The van der Waals surface area contributed by atoms with Crippen LogP contribution in [0.5, 0.6) is 0 Å². The minimum Gasteiger partial charge on any atom is -0.344 e. The third-order valence-corrected chi connectivity index (χ3v) is 5.99. The van der Waals surface area contributed by atoms with Gasteiger partial charge in [0.15, 0.2) is 0 Å². The minimum absolute atomic E-state index is 0.188. The monoisotopic (exact) mass is 456 g/mol. The maximum atomic E-state index is 12.6. The number of pyridine rings is 1. The van der Waals surface area contributed by atoms with Crippen LogP contribution < -0.4 is 16.0 Å². The van der Waals surface area contributed by atoms with Gasteiger partial charge in [0.2, 0.25) is 0 Å². The molecule has 2 heterocycles. The highest BCUT2D eigenvalue weighted by molar-refractivity contribution is 8.11. The fraction of sp³-hybridized carbons (Fsp3) is 0.423. The molecule has 1 fully saturated rings. The smallest absolute Gasteiger partial charge is 0.130 e. The molecule has 0 spiro atoms. The summed E-state index contributed by atoms with van der Waals surface area (Å²) in [6, 6.07) is 8.97. The first kappa shape index (κ1) is 26.1. The molecule has 1 saturated heterocycles. The van der Waals surface area contributed by atoms with Gasteiger partial charge in [-0.05, 0) is 54.3 Å². The molecule has 32 heavy (non-hydrogen) atoms. The standard InChI is InChI=1S/C24H31FN4S.C2H6/c1-16(2)30-18(4)19-5-6-20-15-28-24(13-21(20)12-19)29-17(3)11-23(27-10-8-25)14-22-7-9-26-22;1-2/h5-6,12-13,15,22-23,26-27H,1,3-4,7-11,14H2,2H3,(H,28,29);1-2H3. The third-order valence-electron chi connectivity index (χ3n) is 5.16. The number of allylic oxidation sites excluding steroid dienone is 1. The van der Waals surface area contributed by atoms with Gasteiger partial charge in [0.25, 0.3) is 0 Å². The van der Waals surface area contributed by atoms with Gasteiger partial charge in [-0.3, -0.25) is 0 Å². The first-order valence-electron chi connectivity index (χ1n) is 11.3. The molecule has 1 aromatic heterocycles. The average Bonchev–Trinajstić information content (AvgIpc) is 2.74. The van der Waals surface area contributed by atoms with E-state index in [0.717, 1.165) is 57.0 Å². The fourth-order valence-electron chi connectivity index (χ4n) is 3.57. The molecule has 0 amide bonds. The molecule has 2 aromatic rings. The summed E-state index contributed by atoms with van der Waals surface area (Å²) in [7, 11) is 0. The number of hydrogen-bond donors (Lipinski definition) is 3. The van der Waals surface area contributed by atoms with Crippen LogP contribution in [0.4, 0.5) is 10.2 Å². The Kier molecular flexibility index (Phi) is 10.9. The van der Waals surface area contributed by atoms with E-state index in [4.69, 9.17) is 0 Å². The number of rotatable bonds is 12. The van der Waals surface area contributed by atoms with E-state index in [1.165, 1.54) is 6.42 Å². The van der Waals surface area contributed by atoms with Gasteiger partial charge in [-0.25, -0.2) is 9.37 Å². The van der Waals surface area contributed by atoms with E-state index in [1.54, 1.807) is 11.8 Å². The molecule has 0 radical (unpaired) electrons. The second-order valence-electron chi connectivity index (χ2n) is 7.81. The van der Waals surface area contributed by atoms with Crippen LogP contribution in [0.2, 0.25) is 0 Å². The van der Waals surface area contributed by atoms with Crippen LogP contribution in [0.3, 0.4) is 0 Å². The van der Waals surface area contributed by atoms with Crippen molar-refractivity contribution in [3.05, 3.63) is 66.4 Å². The summed E-state index contributed by atoms with van der Waals surface area (Å²) < 4.78 is 12.6. The third kappa shape index (κ3) is 8.08. The Morgan fingerprint density at radius 3 is 2.62 bits per heavy atom. The normalized spacial score (nSPS) is 15.8. The lowest BCUT2D eigenvalue weighted by Crippen LogP contribution is -2.47. The number of nitrogens with zero attached hydrogens (tertiary/aromatic N) is 1. The van der Waals surface area contributed by atoms with Crippen LogP contribution in [0.1, 0.15) is 45.6 Å². The van der Waals surface area contributed by atoms with Crippen LogP contribution in [0.25, 0.3) is 15.7 Å². The summed E-state index contributed by atoms with van der Waals surface area (Å²) in [4.78, 5) is 6.51. The van der Waals surface area contributed by atoms with Crippen molar-refractivity contribution >= 4 is 33.3 Å². The minimum atomic E-state index is -0.363. The molecule has 4 nitrogen and oxygen atoms in total. The molecule has 1 aliphatic rings. The van der Waals surface area contributed by atoms with E-state index in [9.17, 15) is 4.39 Å². The van der Waals surface area contributed by atoms with E-state index in [-0.39, 0.29) is 12.7 Å². The van der Waals surface area contributed by atoms with Gasteiger partial charge in [0.05, 0.1) is 0 Å². The molecule has 6 heteroatoms. The number of anilines is 1. The lowest BCUT2D eigenvalue weighted by molar-refractivity contribution is 0.301. The van der Waals surface area contributed by atoms with E-state index < -0.39 is 0 Å². The summed E-state index contributed by atoms with van der Waals surface area (Å²) in [5, 5.41) is 12.2. The Hall–Kier alpha value is -2.15.